The number of fused-ring (bicyclic) bond motifs is 3. The SMILES string of the molecule is OC(CN1CCNS1)Cn1c2ccc(F)cc2c2cc(F)ccc21. The van der Waals surface area contributed by atoms with E-state index in [-0.39, 0.29) is 11.6 Å². The molecule has 4 nitrogen and oxygen atoms in total. The quantitative estimate of drug-likeness (QED) is 0.711. The Bertz CT molecular complexity index is 833. The van der Waals surface area contributed by atoms with Crippen LogP contribution >= 0.6 is 12.1 Å². The molecule has 1 unspecified atom stereocenters. The summed E-state index contributed by atoms with van der Waals surface area (Å²) < 4.78 is 34.4. The normalized spacial score (nSPS) is 17.1. The topological polar surface area (TPSA) is 40.4 Å². The van der Waals surface area contributed by atoms with Crippen molar-refractivity contribution in [3.63, 3.8) is 0 Å². The van der Waals surface area contributed by atoms with Crippen molar-refractivity contribution in [2.24, 2.45) is 0 Å². The average Bonchev–Trinajstić information content (AvgIpc) is 3.15. The third-order valence-corrected chi connectivity index (χ3v) is 5.18. The molecule has 7 heteroatoms. The summed E-state index contributed by atoms with van der Waals surface area (Å²) >= 11 is 1.51. The van der Waals surface area contributed by atoms with Crippen LogP contribution in [0.3, 0.4) is 0 Å². The Balaban J connectivity index is 1.75. The first-order valence-corrected chi connectivity index (χ1v) is 8.59. The molecule has 126 valence electrons. The van der Waals surface area contributed by atoms with E-state index in [0.717, 1.165) is 24.1 Å². The molecule has 1 aromatic heterocycles. The summed E-state index contributed by atoms with van der Waals surface area (Å²) in [5.74, 6) is -0.711. The Morgan fingerprint density at radius 3 is 2.21 bits per heavy atom. The van der Waals surface area contributed by atoms with Crippen LogP contribution in [-0.4, -0.2) is 39.7 Å². The van der Waals surface area contributed by atoms with Crippen molar-refractivity contribution in [2.45, 2.75) is 12.6 Å². The van der Waals surface area contributed by atoms with Gasteiger partial charge in [0.15, 0.2) is 0 Å². The van der Waals surface area contributed by atoms with Gasteiger partial charge in [-0.15, -0.1) is 0 Å². The molecule has 0 spiro atoms. The Kier molecular flexibility index (Phi) is 4.17. The van der Waals surface area contributed by atoms with Crippen molar-refractivity contribution >= 4 is 33.9 Å². The lowest BCUT2D eigenvalue weighted by Gasteiger charge is -2.19. The van der Waals surface area contributed by atoms with Crippen molar-refractivity contribution in [2.75, 3.05) is 19.6 Å². The molecule has 1 aliphatic rings. The van der Waals surface area contributed by atoms with Crippen molar-refractivity contribution in [3.05, 3.63) is 48.0 Å². The number of β-amino-alcohol motifs (C(OH)–C–C–N with tert-alkyl or cyclic N) is 1. The summed E-state index contributed by atoms with van der Waals surface area (Å²) in [6.45, 7) is 2.67. The van der Waals surface area contributed by atoms with Crippen LogP contribution < -0.4 is 4.72 Å². The number of benzene rings is 2. The average molecular weight is 349 g/mol. The minimum Gasteiger partial charge on any atom is -0.390 e. The predicted molar refractivity (Wildman–Crippen MR) is 92.5 cm³/mol. The minimum atomic E-state index is -0.577. The smallest absolute Gasteiger partial charge is 0.123 e. The van der Waals surface area contributed by atoms with Gasteiger partial charge in [0.1, 0.15) is 11.6 Å². The number of aliphatic hydroxyl groups excluding tert-OH is 1. The minimum absolute atomic E-state index is 0.356. The van der Waals surface area contributed by atoms with Crippen LogP contribution in [0.25, 0.3) is 21.8 Å². The molecule has 3 aromatic rings. The van der Waals surface area contributed by atoms with Gasteiger partial charge in [-0.2, -0.15) is 0 Å². The lowest BCUT2D eigenvalue weighted by molar-refractivity contribution is 0.136. The third-order valence-electron chi connectivity index (χ3n) is 4.25. The molecule has 1 atom stereocenters. The number of nitrogens with zero attached hydrogens (tertiary/aromatic N) is 2. The molecule has 4 rings (SSSR count). The highest BCUT2D eigenvalue weighted by molar-refractivity contribution is 7.95. The second-order valence-corrected chi connectivity index (χ2v) is 6.95. The standard InChI is InChI=1S/C17H17F2N3OS/c18-11-1-3-16-14(7-11)15-8-12(19)2-4-17(15)22(16)10-13(23)9-21-6-5-20-24-21/h1-4,7-8,13,20,23H,5-6,9-10H2. The van der Waals surface area contributed by atoms with Crippen molar-refractivity contribution in [3.8, 4) is 0 Å². The summed E-state index contributed by atoms with van der Waals surface area (Å²) in [6.07, 6.45) is -0.577. The van der Waals surface area contributed by atoms with Crippen LogP contribution in [0.15, 0.2) is 36.4 Å². The van der Waals surface area contributed by atoms with Gasteiger partial charge in [0, 0.05) is 53.6 Å². The number of halogens is 2. The zero-order valence-electron chi connectivity index (χ0n) is 12.9. The van der Waals surface area contributed by atoms with Crippen molar-refractivity contribution < 1.29 is 13.9 Å². The number of nitrogens with one attached hydrogen (secondary N) is 1. The van der Waals surface area contributed by atoms with Gasteiger partial charge in [-0.25, -0.2) is 17.8 Å². The van der Waals surface area contributed by atoms with Crippen LogP contribution in [0.5, 0.6) is 0 Å². The van der Waals surface area contributed by atoms with Crippen LogP contribution in [0.1, 0.15) is 0 Å². The maximum atomic E-state index is 13.6. The lowest BCUT2D eigenvalue weighted by atomic mass is 10.1. The van der Waals surface area contributed by atoms with Gasteiger partial charge in [-0.05, 0) is 36.4 Å². The monoisotopic (exact) mass is 349 g/mol. The van der Waals surface area contributed by atoms with Crippen molar-refractivity contribution in [1.82, 2.24) is 13.6 Å². The Hall–Kier alpha value is -1.67. The summed E-state index contributed by atoms with van der Waals surface area (Å²) in [7, 11) is 0. The first kappa shape index (κ1) is 15.8. The van der Waals surface area contributed by atoms with Gasteiger partial charge in [0.25, 0.3) is 0 Å². The summed E-state index contributed by atoms with van der Waals surface area (Å²) in [5, 5.41) is 11.8. The molecule has 2 heterocycles. The number of rotatable bonds is 4. The van der Waals surface area contributed by atoms with E-state index < -0.39 is 6.10 Å². The van der Waals surface area contributed by atoms with E-state index in [0.29, 0.717) is 23.9 Å². The third kappa shape index (κ3) is 2.88. The van der Waals surface area contributed by atoms with E-state index >= 15 is 0 Å². The maximum absolute atomic E-state index is 13.6. The molecular weight excluding hydrogens is 332 g/mol. The van der Waals surface area contributed by atoms with Crippen molar-refractivity contribution in [1.29, 1.82) is 0 Å². The molecule has 24 heavy (non-hydrogen) atoms. The Morgan fingerprint density at radius 1 is 1.04 bits per heavy atom. The summed E-state index contributed by atoms with van der Waals surface area (Å²) in [5.41, 5.74) is 1.59. The zero-order valence-corrected chi connectivity index (χ0v) is 13.7. The fourth-order valence-electron chi connectivity index (χ4n) is 3.23. The van der Waals surface area contributed by atoms with Gasteiger partial charge in [0.05, 0.1) is 12.6 Å². The maximum Gasteiger partial charge on any atom is 0.123 e. The van der Waals surface area contributed by atoms with Gasteiger partial charge in [0.2, 0.25) is 0 Å². The van der Waals surface area contributed by atoms with E-state index in [4.69, 9.17) is 0 Å². The molecule has 2 aromatic carbocycles. The molecule has 0 bridgehead atoms. The van der Waals surface area contributed by atoms with Gasteiger partial charge in [-0.1, -0.05) is 0 Å². The van der Waals surface area contributed by atoms with Crippen LogP contribution in [0.4, 0.5) is 8.78 Å². The Labute approximate surface area is 142 Å². The molecular formula is C17H17F2N3OS. The van der Waals surface area contributed by atoms with E-state index in [2.05, 4.69) is 9.03 Å². The number of aliphatic hydroxyl groups is 1. The fourth-order valence-corrected chi connectivity index (χ4v) is 4.02. The highest BCUT2D eigenvalue weighted by Gasteiger charge is 2.19. The van der Waals surface area contributed by atoms with E-state index in [1.165, 1.54) is 36.4 Å². The molecule has 1 saturated heterocycles. The molecule has 0 radical (unpaired) electrons. The first-order chi connectivity index (χ1) is 11.6. The van der Waals surface area contributed by atoms with E-state index in [1.54, 1.807) is 12.1 Å². The summed E-state index contributed by atoms with van der Waals surface area (Å²) in [6, 6.07) is 8.98. The molecule has 2 N–H and O–H groups in total. The van der Waals surface area contributed by atoms with E-state index in [1.807, 2.05) is 4.57 Å². The molecule has 0 amide bonds. The second-order valence-electron chi connectivity index (χ2n) is 5.96. The van der Waals surface area contributed by atoms with Gasteiger partial charge >= 0.3 is 0 Å². The zero-order chi connectivity index (χ0) is 16.7. The predicted octanol–water partition coefficient (Wildman–Crippen LogP) is 2.90. The van der Waals surface area contributed by atoms with Crippen LogP contribution in [0.2, 0.25) is 0 Å². The molecule has 1 aliphatic heterocycles. The van der Waals surface area contributed by atoms with Crippen LogP contribution in [0, 0.1) is 11.6 Å². The van der Waals surface area contributed by atoms with Gasteiger partial charge in [-0.3, -0.25) is 0 Å². The lowest BCUT2D eigenvalue weighted by Crippen LogP contribution is -2.29. The number of hydrogen-bond donors (Lipinski definition) is 2. The second kappa shape index (κ2) is 6.33. The fraction of sp³-hybridized carbons (Fsp3) is 0.294. The first-order valence-electron chi connectivity index (χ1n) is 7.81. The van der Waals surface area contributed by atoms with Crippen LogP contribution in [-0.2, 0) is 6.54 Å². The van der Waals surface area contributed by atoms with Gasteiger partial charge < -0.3 is 9.67 Å². The summed E-state index contributed by atoms with van der Waals surface area (Å²) in [4.78, 5) is 0. The highest BCUT2D eigenvalue weighted by Crippen LogP contribution is 2.30. The Morgan fingerprint density at radius 2 is 1.67 bits per heavy atom. The largest absolute Gasteiger partial charge is 0.390 e. The highest BCUT2D eigenvalue weighted by atomic mass is 32.2. The molecule has 1 fully saturated rings. The molecule has 0 aliphatic carbocycles. The number of aromatic nitrogens is 1. The van der Waals surface area contributed by atoms with E-state index in [9.17, 15) is 13.9 Å². The number of hydrogen-bond acceptors (Lipinski definition) is 4. The molecule has 0 saturated carbocycles.